The van der Waals surface area contributed by atoms with Crippen molar-refractivity contribution in [2.45, 2.75) is 57.5 Å². The minimum atomic E-state index is -0.935. The van der Waals surface area contributed by atoms with Crippen molar-refractivity contribution in [3.63, 3.8) is 0 Å². The summed E-state index contributed by atoms with van der Waals surface area (Å²) in [5.74, 6) is -0.935. The van der Waals surface area contributed by atoms with E-state index in [-0.39, 0.29) is 16.4 Å². The Balaban J connectivity index is 1.74. The molecule has 0 spiro atoms. The Morgan fingerprint density at radius 1 is 0.793 bits per heavy atom. The molecule has 3 aromatic carbocycles. The smallest absolute Gasteiger partial charge is 0.335 e. The van der Waals surface area contributed by atoms with E-state index >= 15 is 0 Å². The molecule has 0 saturated carbocycles. The van der Waals surface area contributed by atoms with E-state index < -0.39 is 12.1 Å². The number of fused-ring (bicyclic) bond motifs is 2. The molecule has 1 aliphatic rings. The van der Waals surface area contributed by atoms with Crippen LogP contribution in [-0.2, 0) is 10.8 Å². The molecule has 3 aromatic rings. The van der Waals surface area contributed by atoms with Gasteiger partial charge in [-0.15, -0.1) is 0 Å². The number of aliphatic hydroxyl groups is 1. The molecule has 0 unspecified atom stereocenters. The third-order valence-electron chi connectivity index (χ3n) is 6.62. The third kappa shape index (κ3) is 3.44. The molecule has 0 fully saturated rings. The molecule has 0 heterocycles. The average molecular weight is 389 g/mol. The number of carboxylic acid groups (broad SMARTS) is 1. The molecule has 0 amide bonds. The Morgan fingerprint density at radius 2 is 1.34 bits per heavy atom. The van der Waals surface area contributed by atoms with E-state index in [1.807, 2.05) is 24.3 Å². The van der Waals surface area contributed by atoms with E-state index in [1.165, 1.54) is 11.1 Å². The van der Waals surface area contributed by atoms with Crippen molar-refractivity contribution < 1.29 is 15.0 Å². The van der Waals surface area contributed by atoms with Crippen molar-refractivity contribution in [2.24, 2.45) is 0 Å². The van der Waals surface area contributed by atoms with Gasteiger partial charge in [-0.2, -0.15) is 0 Å². The summed E-state index contributed by atoms with van der Waals surface area (Å²) in [4.78, 5) is 11.2. The standard InChI is InChI=1S/C26H28O3/c1-25(2)11-12-26(3,4)22-15-19(9-10-21(22)25)23(27)18-7-5-17-14-20(24(28)29)8-6-16(17)13-18/h5-10,13-15,23,27H,11-12H2,1-4H3,(H,28,29)/t23-/m1/s1. The van der Waals surface area contributed by atoms with Gasteiger partial charge in [-0.05, 0) is 74.9 Å². The SMILES string of the molecule is CC1(C)CCC(C)(C)c2cc([C@H](O)c3ccc4cc(C(=O)O)ccc4c3)ccc21. The van der Waals surface area contributed by atoms with Gasteiger partial charge < -0.3 is 10.2 Å². The van der Waals surface area contributed by atoms with Gasteiger partial charge in [0.25, 0.3) is 0 Å². The van der Waals surface area contributed by atoms with Crippen LogP contribution in [0.1, 0.15) is 79.3 Å². The van der Waals surface area contributed by atoms with Crippen LogP contribution < -0.4 is 0 Å². The molecular formula is C26H28O3. The van der Waals surface area contributed by atoms with Gasteiger partial charge in [0.05, 0.1) is 5.56 Å². The van der Waals surface area contributed by atoms with Crippen LogP contribution in [0.5, 0.6) is 0 Å². The van der Waals surface area contributed by atoms with Crippen molar-refractivity contribution in [1.82, 2.24) is 0 Å². The fourth-order valence-electron chi connectivity index (χ4n) is 4.54. The van der Waals surface area contributed by atoms with Crippen LogP contribution >= 0.6 is 0 Å². The number of aliphatic hydroxyl groups excluding tert-OH is 1. The summed E-state index contributed by atoms with van der Waals surface area (Å²) in [5.41, 5.74) is 4.94. The summed E-state index contributed by atoms with van der Waals surface area (Å²) in [7, 11) is 0. The molecule has 0 radical (unpaired) electrons. The fraction of sp³-hybridized carbons (Fsp3) is 0.346. The van der Waals surface area contributed by atoms with E-state index in [4.69, 9.17) is 0 Å². The lowest BCUT2D eigenvalue weighted by Crippen LogP contribution is -2.34. The summed E-state index contributed by atoms with van der Waals surface area (Å²) in [5, 5.41) is 22.1. The lowest BCUT2D eigenvalue weighted by molar-refractivity contribution is 0.0697. The van der Waals surface area contributed by atoms with Crippen LogP contribution in [0.15, 0.2) is 54.6 Å². The molecule has 0 aliphatic heterocycles. The lowest BCUT2D eigenvalue weighted by atomic mass is 9.63. The van der Waals surface area contributed by atoms with Crippen molar-refractivity contribution in [1.29, 1.82) is 0 Å². The van der Waals surface area contributed by atoms with Crippen molar-refractivity contribution in [3.8, 4) is 0 Å². The van der Waals surface area contributed by atoms with E-state index in [0.717, 1.165) is 34.7 Å². The summed E-state index contributed by atoms with van der Waals surface area (Å²) in [6.45, 7) is 9.17. The van der Waals surface area contributed by atoms with Gasteiger partial charge in [-0.1, -0.05) is 64.1 Å². The minimum Gasteiger partial charge on any atom is -0.478 e. The maximum atomic E-state index is 11.2. The van der Waals surface area contributed by atoms with Gasteiger partial charge in [0.1, 0.15) is 6.10 Å². The largest absolute Gasteiger partial charge is 0.478 e. The number of benzene rings is 3. The predicted octanol–water partition coefficient (Wildman–Crippen LogP) is 5.97. The Morgan fingerprint density at radius 3 is 2.03 bits per heavy atom. The molecule has 2 N–H and O–H groups in total. The van der Waals surface area contributed by atoms with E-state index in [1.54, 1.807) is 18.2 Å². The Labute approximate surface area is 172 Å². The molecule has 3 nitrogen and oxygen atoms in total. The highest BCUT2D eigenvalue weighted by atomic mass is 16.4. The van der Waals surface area contributed by atoms with Gasteiger partial charge in [0.2, 0.25) is 0 Å². The molecule has 4 rings (SSSR count). The van der Waals surface area contributed by atoms with Crippen LogP contribution in [0.3, 0.4) is 0 Å². The van der Waals surface area contributed by atoms with Crippen molar-refractivity contribution in [2.75, 3.05) is 0 Å². The van der Waals surface area contributed by atoms with Crippen LogP contribution in [0, 0.1) is 0 Å². The van der Waals surface area contributed by atoms with Gasteiger partial charge in [0.15, 0.2) is 0 Å². The van der Waals surface area contributed by atoms with E-state index in [9.17, 15) is 15.0 Å². The first-order valence-corrected chi connectivity index (χ1v) is 10.2. The number of carboxylic acids is 1. The van der Waals surface area contributed by atoms with Crippen LogP contribution in [0.2, 0.25) is 0 Å². The number of hydrogen-bond donors (Lipinski definition) is 2. The first-order chi connectivity index (χ1) is 13.6. The lowest BCUT2D eigenvalue weighted by Gasteiger charge is -2.42. The highest BCUT2D eigenvalue weighted by Crippen LogP contribution is 2.46. The molecule has 1 aliphatic carbocycles. The van der Waals surface area contributed by atoms with Crippen molar-refractivity contribution >= 4 is 16.7 Å². The zero-order valence-electron chi connectivity index (χ0n) is 17.5. The zero-order chi connectivity index (χ0) is 21.0. The molecule has 0 aromatic heterocycles. The molecule has 0 bridgehead atoms. The molecule has 3 heteroatoms. The molecule has 150 valence electrons. The van der Waals surface area contributed by atoms with Gasteiger partial charge in [-0.25, -0.2) is 4.79 Å². The summed E-state index contributed by atoms with van der Waals surface area (Å²) < 4.78 is 0. The van der Waals surface area contributed by atoms with Crippen molar-refractivity contribution in [3.05, 3.63) is 82.4 Å². The Kier molecular flexibility index (Phi) is 4.54. The molecule has 0 saturated heterocycles. The number of aromatic carboxylic acids is 1. The quantitative estimate of drug-likeness (QED) is 0.581. The average Bonchev–Trinajstić information content (AvgIpc) is 2.70. The Bertz CT molecular complexity index is 1110. The fourth-order valence-corrected chi connectivity index (χ4v) is 4.54. The minimum absolute atomic E-state index is 0.0944. The Hall–Kier alpha value is -2.65. The first-order valence-electron chi connectivity index (χ1n) is 10.2. The van der Waals surface area contributed by atoms with E-state index in [0.29, 0.717) is 0 Å². The van der Waals surface area contributed by atoms with Crippen LogP contribution in [0.4, 0.5) is 0 Å². The second-order valence-corrected chi connectivity index (χ2v) is 9.60. The molecular weight excluding hydrogens is 360 g/mol. The predicted molar refractivity (Wildman–Crippen MR) is 117 cm³/mol. The van der Waals surface area contributed by atoms with Gasteiger partial charge >= 0.3 is 5.97 Å². The second-order valence-electron chi connectivity index (χ2n) is 9.60. The maximum absolute atomic E-state index is 11.2. The van der Waals surface area contributed by atoms with Crippen LogP contribution in [0.25, 0.3) is 10.8 Å². The number of carbonyl (C=O) groups is 1. The highest BCUT2D eigenvalue weighted by Gasteiger charge is 2.37. The summed E-state index contributed by atoms with van der Waals surface area (Å²) in [6, 6.07) is 17.2. The van der Waals surface area contributed by atoms with Crippen LogP contribution in [-0.4, -0.2) is 16.2 Å². The monoisotopic (exact) mass is 388 g/mol. The summed E-state index contributed by atoms with van der Waals surface area (Å²) >= 11 is 0. The van der Waals surface area contributed by atoms with Gasteiger partial charge in [0, 0.05) is 0 Å². The highest BCUT2D eigenvalue weighted by molar-refractivity contribution is 5.94. The number of hydrogen-bond acceptors (Lipinski definition) is 2. The zero-order valence-corrected chi connectivity index (χ0v) is 17.5. The normalized spacial score (nSPS) is 18.2. The molecule has 1 atom stereocenters. The first kappa shape index (κ1) is 19.7. The topological polar surface area (TPSA) is 57.5 Å². The summed E-state index contributed by atoms with van der Waals surface area (Å²) in [6.07, 6.45) is 1.58. The molecule has 29 heavy (non-hydrogen) atoms. The third-order valence-corrected chi connectivity index (χ3v) is 6.62. The second kappa shape index (κ2) is 6.70. The maximum Gasteiger partial charge on any atom is 0.335 e. The van der Waals surface area contributed by atoms with Gasteiger partial charge in [-0.3, -0.25) is 0 Å². The number of rotatable bonds is 3. The van der Waals surface area contributed by atoms with E-state index in [2.05, 4.69) is 39.8 Å².